The lowest BCUT2D eigenvalue weighted by atomic mass is 10.1. The molecule has 1 saturated heterocycles. The minimum atomic E-state index is -3.68. The molecule has 1 amide bonds. The zero-order valence-corrected chi connectivity index (χ0v) is 18.0. The molecule has 0 aliphatic carbocycles. The molecule has 0 aromatic heterocycles. The highest BCUT2D eigenvalue weighted by Crippen LogP contribution is 2.27. The molecule has 0 radical (unpaired) electrons. The van der Waals surface area contributed by atoms with Crippen LogP contribution in [0, 0.1) is 17.0 Å². The van der Waals surface area contributed by atoms with Crippen LogP contribution in [0.4, 0.5) is 11.4 Å². The van der Waals surface area contributed by atoms with Crippen LogP contribution in [0.15, 0.2) is 41.3 Å². The van der Waals surface area contributed by atoms with E-state index in [1.165, 1.54) is 22.5 Å². The van der Waals surface area contributed by atoms with E-state index in [0.29, 0.717) is 24.3 Å². The van der Waals surface area contributed by atoms with Gasteiger partial charge >= 0.3 is 0 Å². The molecule has 0 unspecified atom stereocenters. The average molecular weight is 452 g/mol. The molecule has 0 bridgehead atoms. The van der Waals surface area contributed by atoms with Crippen LogP contribution in [-0.4, -0.2) is 36.6 Å². The van der Waals surface area contributed by atoms with Crippen molar-refractivity contribution in [2.24, 2.45) is 0 Å². The number of hydrogen-bond acceptors (Lipinski definition) is 5. The van der Waals surface area contributed by atoms with Gasteiger partial charge in [0, 0.05) is 30.9 Å². The fraction of sp³-hybridized carbons (Fsp3) is 0.350. The van der Waals surface area contributed by atoms with Gasteiger partial charge in [0.2, 0.25) is 10.0 Å². The fourth-order valence-corrected chi connectivity index (χ4v) is 5.41. The number of nitro groups is 1. The van der Waals surface area contributed by atoms with Crippen molar-refractivity contribution in [3.8, 4) is 0 Å². The number of benzene rings is 2. The molecule has 0 spiro atoms. The normalized spacial score (nSPS) is 15.4. The maximum Gasteiger partial charge on any atom is 0.270 e. The number of hydrogen-bond donors (Lipinski definition) is 1. The summed E-state index contributed by atoms with van der Waals surface area (Å²) in [7, 11) is -3.68. The summed E-state index contributed by atoms with van der Waals surface area (Å²) in [6, 6.07) is 8.23. The Labute approximate surface area is 180 Å². The summed E-state index contributed by atoms with van der Waals surface area (Å²) in [6.07, 6.45) is 3.68. The Morgan fingerprint density at radius 1 is 1.10 bits per heavy atom. The molecule has 0 saturated carbocycles. The lowest BCUT2D eigenvalue weighted by Crippen LogP contribution is -2.32. The number of non-ortho nitro benzene ring substituents is 1. The predicted molar refractivity (Wildman–Crippen MR) is 114 cm³/mol. The van der Waals surface area contributed by atoms with Crippen LogP contribution < -0.4 is 5.32 Å². The van der Waals surface area contributed by atoms with Gasteiger partial charge in [-0.2, -0.15) is 4.31 Å². The molecule has 1 heterocycles. The van der Waals surface area contributed by atoms with Crippen LogP contribution in [0.1, 0.15) is 41.6 Å². The largest absolute Gasteiger partial charge is 0.322 e. The van der Waals surface area contributed by atoms with E-state index in [1.807, 2.05) is 0 Å². The number of amides is 1. The third-order valence-corrected chi connectivity index (χ3v) is 7.39. The van der Waals surface area contributed by atoms with Crippen molar-refractivity contribution in [3.63, 3.8) is 0 Å². The fourth-order valence-electron chi connectivity index (χ4n) is 3.38. The van der Waals surface area contributed by atoms with Crippen molar-refractivity contribution in [1.82, 2.24) is 4.31 Å². The van der Waals surface area contributed by atoms with Gasteiger partial charge in [-0.1, -0.05) is 30.5 Å². The van der Waals surface area contributed by atoms with Crippen molar-refractivity contribution in [2.75, 3.05) is 18.4 Å². The Kier molecular flexibility index (Phi) is 6.74. The van der Waals surface area contributed by atoms with Crippen LogP contribution in [0.3, 0.4) is 0 Å². The number of halogens is 1. The zero-order valence-electron chi connectivity index (χ0n) is 16.4. The van der Waals surface area contributed by atoms with Crippen LogP contribution in [0.5, 0.6) is 0 Å². The standard InChI is InChI=1S/C20H22ClN3O5S/c1-14-6-7-15(12-19(14)30(28,29)23-10-4-2-3-5-11-23)22-20(25)17-9-8-16(24(26)27)13-18(17)21/h6-9,12-13H,2-5,10-11H2,1H3,(H,22,25). The first-order valence-electron chi connectivity index (χ1n) is 9.56. The summed E-state index contributed by atoms with van der Waals surface area (Å²) in [5.74, 6) is -0.586. The first-order chi connectivity index (χ1) is 14.2. The van der Waals surface area contributed by atoms with Crippen molar-refractivity contribution in [3.05, 3.63) is 62.7 Å². The van der Waals surface area contributed by atoms with Crippen LogP contribution >= 0.6 is 11.6 Å². The van der Waals surface area contributed by atoms with Gasteiger partial charge in [0.1, 0.15) is 0 Å². The van der Waals surface area contributed by atoms with Gasteiger partial charge in [0.05, 0.1) is 20.4 Å². The molecule has 1 aliphatic heterocycles. The van der Waals surface area contributed by atoms with Gasteiger partial charge in [0.15, 0.2) is 0 Å². The highest BCUT2D eigenvalue weighted by Gasteiger charge is 2.27. The first kappa shape index (κ1) is 22.2. The first-order valence-corrected chi connectivity index (χ1v) is 11.4. The van der Waals surface area contributed by atoms with Crippen LogP contribution in [0.2, 0.25) is 5.02 Å². The molecule has 1 fully saturated rings. The molecule has 2 aromatic rings. The van der Waals surface area contributed by atoms with Gasteiger partial charge in [-0.3, -0.25) is 14.9 Å². The van der Waals surface area contributed by atoms with E-state index >= 15 is 0 Å². The predicted octanol–water partition coefficient (Wildman–Crippen LogP) is 4.37. The molecule has 8 nitrogen and oxygen atoms in total. The maximum absolute atomic E-state index is 13.2. The quantitative estimate of drug-likeness (QED) is 0.536. The Bertz CT molecular complexity index is 1080. The lowest BCUT2D eigenvalue weighted by molar-refractivity contribution is -0.384. The number of nitro benzene ring substituents is 1. The molecule has 160 valence electrons. The number of aryl methyl sites for hydroxylation is 1. The van der Waals surface area contributed by atoms with Gasteiger partial charge in [0.25, 0.3) is 11.6 Å². The lowest BCUT2D eigenvalue weighted by Gasteiger charge is -2.21. The molecule has 1 aliphatic rings. The van der Waals surface area contributed by atoms with Gasteiger partial charge < -0.3 is 5.32 Å². The summed E-state index contributed by atoms with van der Waals surface area (Å²) in [6.45, 7) is 2.68. The van der Waals surface area contributed by atoms with Crippen molar-refractivity contribution in [2.45, 2.75) is 37.5 Å². The SMILES string of the molecule is Cc1ccc(NC(=O)c2ccc([N+](=O)[O-])cc2Cl)cc1S(=O)(=O)N1CCCCCC1. The summed E-state index contributed by atoms with van der Waals surface area (Å²) in [5, 5.41) is 13.4. The van der Waals surface area contributed by atoms with E-state index in [2.05, 4.69) is 5.32 Å². The second-order valence-corrected chi connectivity index (χ2v) is 9.49. The average Bonchev–Trinajstić information content (AvgIpc) is 2.99. The van der Waals surface area contributed by atoms with E-state index in [1.54, 1.807) is 19.1 Å². The van der Waals surface area contributed by atoms with E-state index in [0.717, 1.165) is 31.7 Å². The molecule has 1 N–H and O–H groups in total. The molecular weight excluding hydrogens is 430 g/mol. The van der Waals surface area contributed by atoms with E-state index in [-0.39, 0.29) is 21.2 Å². The zero-order chi connectivity index (χ0) is 21.9. The number of carbonyl (C=O) groups excluding carboxylic acids is 1. The second-order valence-electron chi connectivity index (χ2n) is 7.17. The summed E-state index contributed by atoms with van der Waals surface area (Å²) in [5.41, 5.74) is 0.719. The Hall–Kier alpha value is -2.49. The third-order valence-electron chi connectivity index (χ3n) is 5.04. The van der Waals surface area contributed by atoms with Gasteiger partial charge in [-0.25, -0.2) is 8.42 Å². The van der Waals surface area contributed by atoms with Crippen molar-refractivity contribution in [1.29, 1.82) is 0 Å². The molecule has 2 aromatic carbocycles. The molecule has 30 heavy (non-hydrogen) atoms. The monoisotopic (exact) mass is 451 g/mol. The number of nitrogens with zero attached hydrogens (tertiary/aromatic N) is 2. The third kappa shape index (κ3) is 4.80. The number of anilines is 1. The van der Waals surface area contributed by atoms with E-state index in [9.17, 15) is 23.3 Å². The number of carbonyl (C=O) groups is 1. The summed E-state index contributed by atoms with van der Waals surface area (Å²) < 4.78 is 27.8. The minimum Gasteiger partial charge on any atom is -0.322 e. The Morgan fingerprint density at radius 2 is 1.77 bits per heavy atom. The molecular formula is C20H22ClN3O5S. The second kappa shape index (κ2) is 9.11. The van der Waals surface area contributed by atoms with Gasteiger partial charge in [-0.15, -0.1) is 0 Å². The Balaban J connectivity index is 1.86. The highest BCUT2D eigenvalue weighted by molar-refractivity contribution is 7.89. The number of rotatable bonds is 5. The smallest absolute Gasteiger partial charge is 0.270 e. The molecule has 10 heteroatoms. The van der Waals surface area contributed by atoms with Gasteiger partial charge in [-0.05, 0) is 43.5 Å². The number of nitrogens with one attached hydrogen (secondary N) is 1. The summed E-state index contributed by atoms with van der Waals surface area (Å²) in [4.78, 5) is 23.0. The maximum atomic E-state index is 13.2. The minimum absolute atomic E-state index is 0.0553. The molecule has 3 rings (SSSR count). The van der Waals surface area contributed by atoms with E-state index < -0.39 is 20.9 Å². The van der Waals surface area contributed by atoms with Crippen molar-refractivity contribution < 1.29 is 18.1 Å². The van der Waals surface area contributed by atoms with E-state index in [4.69, 9.17) is 11.6 Å². The topological polar surface area (TPSA) is 110 Å². The molecule has 0 atom stereocenters. The van der Waals surface area contributed by atoms with Crippen molar-refractivity contribution >= 4 is 38.9 Å². The Morgan fingerprint density at radius 3 is 2.37 bits per heavy atom. The number of sulfonamides is 1. The van der Waals surface area contributed by atoms with Crippen LogP contribution in [-0.2, 0) is 10.0 Å². The van der Waals surface area contributed by atoms with Crippen LogP contribution in [0.25, 0.3) is 0 Å². The highest BCUT2D eigenvalue weighted by atomic mass is 35.5. The summed E-state index contributed by atoms with van der Waals surface area (Å²) >= 11 is 6.01.